The molecule has 1 rings (SSSR count). The van der Waals surface area contributed by atoms with E-state index in [-0.39, 0.29) is 6.61 Å². The monoisotopic (exact) mass is 268 g/mol. The summed E-state index contributed by atoms with van der Waals surface area (Å²) in [6.45, 7) is 1.65. The van der Waals surface area contributed by atoms with E-state index < -0.39 is 18.0 Å². The van der Waals surface area contributed by atoms with E-state index in [0.29, 0.717) is 17.1 Å². The van der Waals surface area contributed by atoms with Gasteiger partial charge in [-0.05, 0) is 19.1 Å². The van der Waals surface area contributed by atoms with Crippen molar-refractivity contribution in [2.24, 2.45) is 0 Å². The number of nitrogens with zero attached hydrogens (tertiary/aromatic N) is 1. The maximum atomic E-state index is 11.4. The van der Waals surface area contributed by atoms with E-state index in [1.54, 1.807) is 6.92 Å². The molecular formula is C12H16N2O5. The number of carbonyl (C=O) groups excluding carboxylic acids is 1. The number of rotatable bonds is 6. The van der Waals surface area contributed by atoms with Gasteiger partial charge in [-0.2, -0.15) is 0 Å². The molecule has 0 saturated carbocycles. The number of hydrogen-bond acceptors (Lipinski definition) is 6. The summed E-state index contributed by atoms with van der Waals surface area (Å²) in [5.41, 5.74) is 0.796. The average Bonchev–Trinajstić information content (AvgIpc) is 2.37. The lowest BCUT2D eigenvalue weighted by atomic mass is 10.2. The van der Waals surface area contributed by atoms with Gasteiger partial charge in [0.15, 0.2) is 0 Å². The molecule has 0 fully saturated rings. The zero-order valence-corrected chi connectivity index (χ0v) is 11.0. The van der Waals surface area contributed by atoms with Crippen LogP contribution in [0.3, 0.4) is 0 Å². The fourth-order valence-electron chi connectivity index (χ4n) is 1.49. The second-order valence-corrected chi connectivity index (χ2v) is 3.81. The number of anilines is 1. The van der Waals surface area contributed by atoms with Crippen LogP contribution in [0.4, 0.5) is 5.82 Å². The Labute approximate surface area is 110 Å². The highest BCUT2D eigenvalue weighted by Crippen LogP contribution is 2.12. The number of aliphatic carboxylic acids is 1. The van der Waals surface area contributed by atoms with Crippen molar-refractivity contribution >= 4 is 17.8 Å². The Hall–Kier alpha value is -2.15. The van der Waals surface area contributed by atoms with E-state index in [1.165, 1.54) is 26.4 Å². The van der Waals surface area contributed by atoms with Gasteiger partial charge in [0, 0.05) is 7.11 Å². The summed E-state index contributed by atoms with van der Waals surface area (Å²) in [5.74, 6) is -1.17. The average molecular weight is 268 g/mol. The summed E-state index contributed by atoms with van der Waals surface area (Å²) < 4.78 is 9.40. The summed E-state index contributed by atoms with van der Waals surface area (Å²) in [5, 5.41) is 11.7. The van der Waals surface area contributed by atoms with Crippen molar-refractivity contribution in [2.75, 3.05) is 26.1 Å². The van der Waals surface area contributed by atoms with E-state index in [1.807, 2.05) is 0 Å². The van der Waals surface area contributed by atoms with E-state index >= 15 is 0 Å². The third-order valence-corrected chi connectivity index (χ3v) is 2.44. The number of carboxylic acid groups (broad SMARTS) is 1. The molecule has 7 nitrogen and oxygen atoms in total. The highest BCUT2D eigenvalue weighted by molar-refractivity contribution is 5.90. The van der Waals surface area contributed by atoms with Gasteiger partial charge < -0.3 is 19.9 Å². The molecule has 0 amide bonds. The largest absolute Gasteiger partial charge is 0.480 e. The summed E-state index contributed by atoms with van der Waals surface area (Å²) in [4.78, 5) is 26.5. The van der Waals surface area contributed by atoms with Crippen molar-refractivity contribution in [3.8, 4) is 0 Å². The Balaban J connectivity index is 2.88. The van der Waals surface area contributed by atoms with Crippen LogP contribution in [0.2, 0.25) is 0 Å². The van der Waals surface area contributed by atoms with Crippen LogP contribution >= 0.6 is 0 Å². The first-order valence-corrected chi connectivity index (χ1v) is 5.53. The van der Waals surface area contributed by atoms with Crippen molar-refractivity contribution in [1.82, 2.24) is 4.98 Å². The van der Waals surface area contributed by atoms with Crippen LogP contribution in [0.5, 0.6) is 0 Å². The Morgan fingerprint density at radius 2 is 2.11 bits per heavy atom. The van der Waals surface area contributed by atoms with Crippen LogP contribution in [0.25, 0.3) is 0 Å². The number of nitrogens with one attached hydrogen (secondary N) is 1. The van der Waals surface area contributed by atoms with Gasteiger partial charge in [-0.25, -0.2) is 14.6 Å². The van der Waals surface area contributed by atoms with Crippen molar-refractivity contribution in [2.45, 2.75) is 13.0 Å². The van der Waals surface area contributed by atoms with Gasteiger partial charge in [-0.3, -0.25) is 0 Å². The minimum Gasteiger partial charge on any atom is -0.480 e. The Kier molecular flexibility index (Phi) is 5.25. The number of ether oxygens (including phenoxy) is 2. The van der Waals surface area contributed by atoms with E-state index in [0.717, 1.165) is 0 Å². The normalized spacial score (nSPS) is 11.7. The lowest BCUT2D eigenvalue weighted by molar-refractivity contribution is -0.139. The quantitative estimate of drug-likeness (QED) is 0.732. The summed E-state index contributed by atoms with van der Waals surface area (Å²) >= 11 is 0. The Bertz CT molecular complexity index is 475. The molecule has 1 heterocycles. The van der Waals surface area contributed by atoms with Crippen molar-refractivity contribution in [3.05, 3.63) is 23.4 Å². The molecule has 1 aromatic heterocycles. The number of carboxylic acids is 1. The topological polar surface area (TPSA) is 97.8 Å². The van der Waals surface area contributed by atoms with Gasteiger partial charge in [0.05, 0.1) is 25.0 Å². The second kappa shape index (κ2) is 6.69. The van der Waals surface area contributed by atoms with E-state index in [2.05, 4.69) is 15.0 Å². The van der Waals surface area contributed by atoms with Gasteiger partial charge in [0.25, 0.3) is 0 Å². The number of aromatic nitrogens is 1. The first-order valence-electron chi connectivity index (χ1n) is 5.53. The molecule has 0 aliphatic heterocycles. The number of carbonyl (C=O) groups is 2. The van der Waals surface area contributed by atoms with Crippen LogP contribution < -0.4 is 5.32 Å². The molecule has 0 spiro atoms. The van der Waals surface area contributed by atoms with Gasteiger partial charge in [0.1, 0.15) is 11.9 Å². The lowest BCUT2D eigenvalue weighted by Gasteiger charge is -2.14. The lowest BCUT2D eigenvalue weighted by Crippen LogP contribution is -2.34. The zero-order valence-electron chi connectivity index (χ0n) is 11.0. The first kappa shape index (κ1) is 14.9. The van der Waals surface area contributed by atoms with Gasteiger partial charge >= 0.3 is 11.9 Å². The third-order valence-electron chi connectivity index (χ3n) is 2.44. The number of esters is 1. The number of methoxy groups -OCH3 is 2. The highest BCUT2D eigenvalue weighted by atomic mass is 16.5. The molecule has 2 N–H and O–H groups in total. The predicted molar refractivity (Wildman–Crippen MR) is 67.2 cm³/mol. The molecule has 1 aromatic rings. The summed E-state index contributed by atoms with van der Waals surface area (Å²) in [6.07, 6.45) is 0. The van der Waals surface area contributed by atoms with Crippen LogP contribution in [0.1, 0.15) is 16.1 Å². The van der Waals surface area contributed by atoms with Crippen LogP contribution in [-0.4, -0.2) is 48.9 Å². The van der Waals surface area contributed by atoms with Gasteiger partial charge in [-0.1, -0.05) is 0 Å². The first-order chi connectivity index (χ1) is 8.99. The molecule has 0 aliphatic rings. The van der Waals surface area contributed by atoms with Gasteiger partial charge in [0.2, 0.25) is 0 Å². The molecule has 19 heavy (non-hydrogen) atoms. The number of aryl methyl sites for hydroxylation is 1. The molecule has 1 unspecified atom stereocenters. The summed E-state index contributed by atoms with van der Waals surface area (Å²) in [7, 11) is 2.70. The minimum absolute atomic E-state index is 0.00874. The fraction of sp³-hybridized carbons (Fsp3) is 0.417. The van der Waals surface area contributed by atoms with E-state index in [4.69, 9.17) is 9.84 Å². The SMILES string of the molecule is COCC(Nc1ccc(C(=O)OC)c(C)n1)C(=O)O. The van der Waals surface area contributed by atoms with Crippen LogP contribution in [0.15, 0.2) is 12.1 Å². The van der Waals surface area contributed by atoms with Crippen molar-refractivity contribution in [1.29, 1.82) is 0 Å². The molecule has 0 saturated heterocycles. The van der Waals surface area contributed by atoms with E-state index in [9.17, 15) is 9.59 Å². The number of hydrogen-bond donors (Lipinski definition) is 2. The highest BCUT2D eigenvalue weighted by Gasteiger charge is 2.18. The molecule has 1 atom stereocenters. The maximum Gasteiger partial charge on any atom is 0.339 e. The molecule has 7 heteroatoms. The summed E-state index contributed by atoms with van der Waals surface area (Å²) in [6, 6.07) is 2.15. The minimum atomic E-state index is -1.04. The molecular weight excluding hydrogens is 252 g/mol. The van der Waals surface area contributed by atoms with Gasteiger partial charge in [-0.15, -0.1) is 0 Å². The Morgan fingerprint density at radius 3 is 2.58 bits per heavy atom. The van der Waals surface area contributed by atoms with Crippen molar-refractivity contribution < 1.29 is 24.2 Å². The third kappa shape index (κ3) is 3.92. The van der Waals surface area contributed by atoms with Crippen LogP contribution in [-0.2, 0) is 14.3 Å². The smallest absolute Gasteiger partial charge is 0.339 e. The molecule has 0 radical (unpaired) electrons. The Morgan fingerprint density at radius 1 is 1.42 bits per heavy atom. The molecule has 104 valence electrons. The molecule has 0 aromatic carbocycles. The maximum absolute atomic E-state index is 11.4. The molecule has 0 bridgehead atoms. The standard InChI is InChI=1S/C12H16N2O5/c1-7-8(12(17)19-3)4-5-10(13-7)14-9(6-18-2)11(15)16/h4-5,9H,6H2,1-3H3,(H,13,14)(H,15,16). The number of pyridine rings is 1. The molecule has 0 aliphatic carbocycles. The fourth-order valence-corrected chi connectivity index (χ4v) is 1.49. The second-order valence-electron chi connectivity index (χ2n) is 3.81. The predicted octanol–water partition coefficient (Wildman–Crippen LogP) is 0.688. The van der Waals surface area contributed by atoms with Crippen molar-refractivity contribution in [3.63, 3.8) is 0 Å². The van der Waals surface area contributed by atoms with Crippen LogP contribution in [0, 0.1) is 6.92 Å². The zero-order chi connectivity index (χ0) is 14.4.